The van der Waals surface area contributed by atoms with Crippen LogP contribution in [0.5, 0.6) is 0 Å². The molecule has 0 spiro atoms. The molecule has 2 aromatic heterocycles. The van der Waals surface area contributed by atoms with Gasteiger partial charge in [0.15, 0.2) is 10.1 Å². The number of hydrogen-bond donors (Lipinski definition) is 1. The monoisotopic (exact) mass is 345 g/mol. The molecule has 0 atom stereocenters. The van der Waals surface area contributed by atoms with Gasteiger partial charge in [-0.1, -0.05) is 23.1 Å². The molecule has 0 unspecified atom stereocenters. The van der Waals surface area contributed by atoms with Gasteiger partial charge >= 0.3 is 0 Å². The first-order valence-corrected chi connectivity index (χ1v) is 8.60. The standard InChI is InChI=1S/C16H15N3O2S2/c1-9-6-7-21-14(9)15(20)17-13-5-4-12(8-10(13)2)23-16-19-18-11(3)22-16/h4-8H,1-3H3,(H,17,20). The molecular weight excluding hydrogens is 330 g/mol. The van der Waals surface area contributed by atoms with Gasteiger partial charge in [0.2, 0.25) is 0 Å². The van der Waals surface area contributed by atoms with E-state index < -0.39 is 0 Å². The summed E-state index contributed by atoms with van der Waals surface area (Å²) in [6.45, 7) is 5.73. The Bertz CT molecular complexity index is 855. The lowest BCUT2D eigenvalue weighted by Gasteiger charge is -2.09. The van der Waals surface area contributed by atoms with Gasteiger partial charge in [0.1, 0.15) is 5.01 Å². The number of rotatable bonds is 4. The first kappa shape index (κ1) is 15.8. The van der Waals surface area contributed by atoms with Crippen LogP contribution in [0.1, 0.15) is 26.7 Å². The molecule has 0 aliphatic heterocycles. The summed E-state index contributed by atoms with van der Waals surface area (Å²) in [6.07, 6.45) is 1.51. The van der Waals surface area contributed by atoms with Gasteiger partial charge in [0, 0.05) is 16.1 Å². The number of amides is 1. The van der Waals surface area contributed by atoms with E-state index in [0.717, 1.165) is 31.1 Å². The third-order valence-corrected chi connectivity index (χ3v) is 5.11. The van der Waals surface area contributed by atoms with Crippen LogP contribution in [0.2, 0.25) is 0 Å². The second kappa shape index (κ2) is 6.55. The Balaban J connectivity index is 1.74. The maximum absolute atomic E-state index is 12.2. The molecule has 3 aromatic rings. The fourth-order valence-electron chi connectivity index (χ4n) is 2.04. The minimum atomic E-state index is -0.240. The third kappa shape index (κ3) is 3.62. The van der Waals surface area contributed by atoms with Crippen molar-refractivity contribution in [1.82, 2.24) is 10.2 Å². The second-order valence-electron chi connectivity index (χ2n) is 5.05. The largest absolute Gasteiger partial charge is 0.459 e. The summed E-state index contributed by atoms with van der Waals surface area (Å²) in [5.74, 6) is 0.0999. The van der Waals surface area contributed by atoms with Gasteiger partial charge in [-0.05, 0) is 50.6 Å². The van der Waals surface area contributed by atoms with Gasteiger partial charge in [-0.25, -0.2) is 0 Å². The van der Waals surface area contributed by atoms with Crippen LogP contribution in [0.15, 0.2) is 44.2 Å². The van der Waals surface area contributed by atoms with Gasteiger partial charge in [-0.2, -0.15) is 0 Å². The van der Waals surface area contributed by atoms with E-state index in [9.17, 15) is 4.79 Å². The summed E-state index contributed by atoms with van der Waals surface area (Å²) in [5, 5.41) is 11.9. The second-order valence-corrected chi connectivity index (χ2v) is 7.55. The maximum atomic E-state index is 12.2. The molecule has 7 heteroatoms. The van der Waals surface area contributed by atoms with Crippen LogP contribution in [0.3, 0.4) is 0 Å². The first-order valence-electron chi connectivity index (χ1n) is 6.97. The highest BCUT2D eigenvalue weighted by Crippen LogP contribution is 2.32. The minimum absolute atomic E-state index is 0.240. The maximum Gasteiger partial charge on any atom is 0.291 e. The van der Waals surface area contributed by atoms with Crippen LogP contribution in [0, 0.1) is 20.8 Å². The molecule has 0 fully saturated rings. The van der Waals surface area contributed by atoms with Crippen molar-refractivity contribution in [3.05, 3.63) is 52.4 Å². The fourth-order valence-corrected chi connectivity index (χ4v) is 3.93. The molecule has 3 rings (SSSR count). The lowest BCUT2D eigenvalue weighted by atomic mass is 10.2. The number of nitrogens with one attached hydrogen (secondary N) is 1. The highest BCUT2D eigenvalue weighted by atomic mass is 32.2. The predicted octanol–water partition coefficient (Wildman–Crippen LogP) is 4.46. The number of nitrogens with zero attached hydrogens (tertiary/aromatic N) is 2. The molecule has 0 radical (unpaired) electrons. The van der Waals surface area contributed by atoms with E-state index >= 15 is 0 Å². The van der Waals surface area contributed by atoms with Gasteiger partial charge in [0.05, 0.1) is 6.26 Å². The zero-order valence-electron chi connectivity index (χ0n) is 12.9. The van der Waals surface area contributed by atoms with Crippen LogP contribution < -0.4 is 5.32 Å². The normalized spacial score (nSPS) is 10.7. The predicted molar refractivity (Wildman–Crippen MR) is 91.3 cm³/mol. The van der Waals surface area contributed by atoms with E-state index in [4.69, 9.17) is 4.42 Å². The van der Waals surface area contributed by atoms with Crippen molar-refractivity contribution >= 4 is 34.7 Å². The summed E-state index contributed by atoms with van der Waals surface area (Å²) in [6, 6.07) is 7.64. The molecule has 118 valence electrons. The number of furan rings is 1. The number of carbonyl (C=O) groups excluding carboxylic acids is 1. The highest BCUT2D eigenvalue weighted by molar-refractivity contribution is 8.01. The number of aromatic nitrogens is 2. The van der Waals surface area contributed by atoms with Crippen molar-refractivity contribution in [3.63, 3.8) is 0 Å². The van der Waals surface area contributed by atoms with Crippen molar-refractivity contribution in [2.24, 2.45) is 0 Å². The molecule has 0 saturated heterocycles. The number of anilines is 1. The Labute approximate surface area is 142 Å². The molecule has 0 aliphatic carbocycles. The Morgan fingerprint density at radius 2 is 2.00 bits per heavy atom. The Morgan fingerprint density at radius 1 is 1.17 bits per heavy atom. The zero-order valence-corrected chi connectivity index (χ0v) is 14.5. The summed E-state index contributed by atoms with van der Waals surface area (Å²) in [4.78, 5) is 13.3. The van der Waals surface area contributed by atoms with Crippen LogP contribution in [-0.4, -0.2) is 16.1 Å². The minimum Gasteiger partial charge on any atom is -0.459 e. The zero-order chi connectivity index (χ0) is 16.4. The molecule has 23 heavy (non-hydrogen) atoms. The summed E-state index contributed by atoms with van der Waals surface area (Å²) in [5.41, 5.74) is 2.57. The van der Waals surface area contributed by atoms with E-state index in [0.29, 0.717) is 5.76 Å². The first-order chi connectivity index (χ1) is 11.0. The number of carbonyl (C=O) groups is 1. The van der Waals surface area contributed by atoms with Crippen molar-refractivity contribution in [2.45, 2.75) is 30.0 Å². The molecular formula is C16H15N3O2S2. The summed E-state index contributed by atoms with van der Waals surface area (Å²) in [7, 11) is 0. The fraction of sp³-hybridized carbons (Fsp3) is 0.188. The third-order valence-electron chi connectivity index (χ3n) is 3.23. The Morgan fingerprint density at radius 3 is 2.61 bits per heavy atom. The molecule has 0 saturated carbocycles. The van der Waals surface area contributed by atoms with Crippen molar-refractivity contribution < 1.29 is 9.21 Å². The molecule has 0 bridgehead atoms. The van der Waals surface area contributed by atoms with Gasteiger partial charge < -0.3 is 9.73 Å². The topological polar surface area (TPSA) is 68.0 Å². The molecule has 5 nitrogen and oxygen atoms in total. The molecule has 1 amide bonds. The quantitative estimate of drug-likeness (QED) is 0.756. The van der Waals surface area contributed by atoms with Crippen molar-refractivity contribution in [1.29, 1.82) is 0 Å². The van der Waals surface area contributed by atoms with E-state index in [2.05, 4.69) is 15.5 Å². The SMILES string of the molecule is Cc1nnc(Sc2ccc(NC(=O)c3occc3C)c(C)c2)s1. The number of benzene rings is 1. The molecule has 1 N–H and O–H groups in total. The van der Waals surface area contributed by atoms with Gasteiger partial charge in [-0.15, -0.1) is 10.2 Å². The summed E-state index contributed by atoms with van der Waals surface area (Å²) >= 11 is 3.13. The average molecular weight is 345 g/mol. The Hall–Kier alpha value is -2.12. The Kier molecular flexibility index (Phi) is 4.49. The van der Waals surface area contributed by atoms with E-state index in [1.807, 2.05) is 39.0 Å². The molecule has 1 aromatic carbocycles. The van der Waals surface area contributed by atoms with Crippen molar-refractivity contribution in [2.75, 3.05) is 5.32 Å². The number of aryl methyl sites for hydroxylation is 3. The van der Waals surface area contributed by atoms with Crippen LogP contribution in [-0.2, 0) is 0 Å². The van der Waals surface area contributed by atoms with Crippen LogP contribution >= 0.6 is 23.1 Å². The lowest BCUT2D eigenvalue weighted by Crippen LogP contribution is -2.12. The van der Waals surface area contributed by atoms with Crippen molar-refractivity contribution in [3.8, 4) is 0 Å². The molecule has 2 heterocycles. The van der Waals surface area contributed by atoms with E-state index in [1.165, 1.54) is 6.26 Å². The summed E-state index contributed by atoms with van der Waals surface area (Å²) < 4.78 is 6.12. The van der Waals surface area contributed by atoms with E-state index in [1.54, 1.807) is 29.2 Å². The van der Waals surface area contributed by atoms with Gasteiger partial charge in [-0.3, -0.25) is 4.79 Å². The van der Waals surface area contributed by atoms with E-state index in [-0.39, 0.29) is 5.91 Å². The molecule has 0 aliphatic rings. The van der Waals surface area contributed by atoms with Gasteiger partial charge in [0.25, 0.3) is 5.91 Å². The highest BCUT2D eigenvalue weighted by Gasteiger charge is 2.14. The van der Waals surface area contributed by atoms with Crippen LogP contribution in [0.25, 0.3) is 0 Å². The lowest BCUT2D eigenvalue weighted by molar-refractivity contribution is 0.0996. The van der Waals surface area contributed by atoms with Crippen LogP contribution in [0.4, 0.5) is 5.69 Å². The average Bonchev–Trinajstić information content (AvgIpc) is 3.10. The number of hydrogen-bond acceptors (Lipinski definition) is 6. The smallest absolute Gasteiger partial charge is 0.291 e.